The molecule has 0 amide bonds. The monoisotopic (exact) mass is 327 g/mol. The van der Waals surface area contributed by atoms with Gasteiger partial charge in [-0.05, 0) is 30.7 Å². The van der Waals surface area contributed by atoms with Gasteiger partial charge in [-0.25, -0.2) is 0 Å². The summed E-state index contributed by atoms with van der Waals surface area (Å²) in [6, 6.07) is 7.76. The van der Waals surface area contributed by atoms with Crippen molar-refractivity contribution in [2.45, 2.75) is 12.5 Å². The Morgan fingerprint density at radius 2 is 2.00 bits per heavy atom. The Kier molecular flexibility index (Phi) is 5.75. The van der Waals surface area contributed by atoms with E-state index in [9.17, 15) is 4.57 Å². The molecule has 2 N–H and O–H groups in total. The van der Waals surface area contributed by atoms with E-state index in [0.717, 1.165) is 41.9 Å². The molecule has 1 aromatic rings. The second-order valence-electron chi connectivity index (χ2n) is 6.62. The van der Waals surface area contributed by atoms with E-state index in [-0.39, 0.29) is 6.10 Å². The number of nitrogens with two attached hydrogens (primary N) is 1. The minimum atomic E-state index is -2.04. The maximum Gasteiger partial charge on any atom is 0.697 e. The molecule has 0 aromatic heterocycles. The fourth-order valence-corrected chi connectivity index (χ4v) is 2.98. The normalized spacial score (nSPS) is 19.5. The van der Waals surface area contributed by atoms with E-state index in [1.807, 2.05) is 24.3 Å². The summed E-state index contributed by atoms with van der Waals surface area (Å²) in [4.78, 5) is 2.21. The maximum absolute atomic E-state index is 11.8. The number of hydrogen-bond donors (Lipinski definition) is 1. The Bertz CT molecular complexity index is 502. The number of quaternary nitrogens is 1. The van der Waals surface area contributed by atoms with Crippen LogP contribution < -0.4 is 10.6 Å². The zero-order valence-corrected chi connectivity index (χ0v) is 14.5. The third-order valence-electron chi connectivity index (χ3n) is 3.60. The molecular weight excluding hydrogens is 301 g/mol. The summed E-state index contributed by atoms with van der Waals surface area (Å²) in [6.07, 6.45) is 0.801. The third kappa shape index (κ3) is 5.54. The maximum atomic E-state index is 11.8. The van der Waals surface area contributed by atoms with E-state index in [4.69, 9.17) is 14.8 Å². The van der Waals surface area contributed by atoms with Crippen LogP contribution in [0.3, 0.4) is 0 Å². The van der Waals surface area contributed by atoms with Crippen molar-refractivity contribution >= 4 is 19.6 Å². The summed E-state index contributed by atoms with van der Waals surface area (Å²) in [6.45, 7) is 2.85. The van der Waals surface area contributed by atoms with Crippen LogP contribution in [0.4, 0.5) is 11.4 Å². The zero-order valence-electron chi connectivity index (χ0n) is 13.6. The van der Waals surface area contributed by atoms with Gasteiger partial charge in [0.2, 0.25) is 0 Å². The number of nitrogen functional groups attached to an aromatic ring is 1. The van der Waals surface area contributed by atoms with E-state index >= 15 is 0 Å². The van der Waals surface area contributed by atoms with Crippen molar-refractivity contribution in [3.63, 3.8) is 0 Å². The molecule has 1 heterocycles. The van der Waals surface area contributed by atoms with Gasteiger partial charge in [0.15, 0.2) is 6.61 Å². The fraction of sp³-hybridized carbons (Fsp3) is 0.600. The average molecular weight is 327 g/mol. The molecule has 1 aromatic carbocycles. The van der Waals surface area contributed by atoms with Gasteiger partial charge in [0.05, 0.1) is 21.1 Å². The van der Waals surface area contributed by atoms with Gasteiger partial charge < -0.3 is 15.1 Å². The van der Waals surface area contributed by atoms with Crippen molar-refractivity contribution in [1.29, 1.82) is 0 Å². The van der Waals surface area contributed by atoms with Crippen LogP contribution >= 0.6 is 8.25 Å². The highest BCUT2D eigenvalue weighted by Crippen LogP contribution is 2.31. The minimum Gasteiger partial charge on any atom is -0.399 e. The summed E-state index contributed by atoms with van der Waals surface area (Å²) in [5.74, 6) is 0. The lowest BCUT2D eigenvalue weighted by Gasteiger charge is -2.21. The molecular formula is C15H26N3O3P+2. The molecule has 2 unspecified atom stereocenters. The molecule has 0 spiro atoms. The number of nitrogens with zero attached hydrogens (tertiary/aromatic N) is 2. The molecule has 122 valence electrons. The Labute approximate surface area is 133 Å². The first-order valence-electron chi connectivity index (χ1n) is 7.51. The molecule has 22 heavy (non-hydrogen) atoms. The van der Waals surface area contributed by atoms with E-state index < -0.39 is 8.25 Å². The standard InChI is InChI=1S/C15H26N3O3P/c1-18(2,3)10-11-20-22(19)21-15-8-9-17(12-15)14-6-4-13(16)5-7-14/h4-7,15H,8-12,16H2,1-3H3/q+2. The molecule has 0 radical (unpaired) electrons. The lowest BCUT2D eigenvalue weighted by molar-refractivity contribution is -0.870. The summed E-state index contributed by atoms with van der Waals surface area (Å²) < 4.78 is 23.4. The Morgan fingerprint density at radius 1 is 1.32 bits per heavy atom. The second-order valence-corrected chi connectivity index (χ2v) is 7.54. The molecule has 6 nitrogen and oxygen atoms in total. The van der Waals surface area contributed by atoms with Crippen molar-refractivity contribution in [3.05, 3.63) is 24.3 Å². The van der Waals surface area contributed by atoms with Crippen LogP contribution in [0, 0.1) is 0 Å². The molecule has 1 saturated heterocycles. The van der Waals surface area contributed by atoms with Crippen molar-refractivity contribution < 1.29 is 18.1 Å². The van der Waals surface area contributed by atoms with Gasteiger partial charge in [0.1, 0.15) is 12.6 Å². The highest BCUT2D eigenvalue weighted by atomic mass is 31.1. The highest BCUT2D eigenvalue weighted by molar-refractivity contribution is 7.33. The van der Waals surface area contributed by atoms with E-state index in [1.165, 1.54) is 0 Å². The summed E-state index contributed by atoms with van der Waals surface area (Å²) in [7, 11) is 4.16. The van der Waals surface area contributed by atoms with Crippen molar-refractivity contribution in [2.24, 2.45) is 0 Å². The third-order valence-corrected chi connectivity index (χ3v) is 4.46. The number of hydrogen-bond acceptors (Lipinski definition) is 5. The summed E-state index contributed by atoms with van der Waals surface area (Å²) in [5.41, 5.74) is 7.56. The van der Waals surface area contributed by atoms with Crippen LogP contribution in [0.5, 0.6) is 0 Å². The predicted molar refractivity (Wildman–Crippen MR) is 89.0 cm³/mol. The van der Waals surface area contributed by atoms with E-state index in [0.29, 0.717) is 6.61 Å². The van der Waals surface area contributed by atoms with Crippen molar-refractivity contribution in [1.82, 2.24) is 0 Å². The van der Waals surface area contributed by atoms with E-state index in [2.05, 4.69) is 26.0 Å². The van der Waals surface area contributed by atoms with Gasteiger partial charge in [-0.3, -0.25) is 0 Å². The Morgan fingerprint density at radius 3 is 2.64 bits per heavy atom. The van der Waals surface area contributed by atoms with Gasteiger partial charge in [-0.15, -0.1) is 9.05 Å². The average Bonchev–Trinajstić information content (AvgIpc) is 2.86. The van der Waals surface area contributed by atoms with Gasteiger partial charge >= 0.3 is 8.25 Å². The van der Waals surface area contributed by atoms with Gasteiger partial charge in [-0.1, -0.05) is 0 Å². The summed E-state index contributed by atoms with van der Waals surface area (Å²) in [5, 5.41) is 0. The molecule has 1 fully saturated rings. The van der Waals surface area contributed by atoms with Crippen LogP contribution in [0.1, 0.15) is 6.42 Å². The van der Waals surface area contributed by atoms with Crippen LogP contribution in [0.25, 0.3) is 0 Å². The molecule has 2 rings (SSSR count). The van der Waals surface area contributed by atoms with E-state index in [1.54, 1.807) is 0 Å². The number of benzene rings is 1. The molecule has 7 heteroatoms. The largest absolute Gasteiger partial charge is 0.697 e. The smallest absolute Gasteiger partial charge is 0.399 e. The number of rotatable bonds is 7. The van der Waals surface area contributed by atoms with Gasteiger partial charge in [-0.2, -0.15) is 0 Å². The van der Waals surface area contributed by atoms with Gasteiger partial charge in [0, 0.05) is 29.0 Å². The molecule has 0 saturated carbocycles. The quantitative estimate of drug-likeness (QED) is 0.473. The van der Waals surface area contributed by atoms with Crippen LogP contribution in [-0.4, -0.2) is 58.0 Å². The zero-order chi connectivity index (χ0) is 16.2. The second kappa shape index (κ2) is 7.38. The Balaban J connectivity index is 1.74. The van der Waals surface area contributed by atoms with Crippen molar-refractivity contribution in [3.8, 4) is 0 Å². The van der Waals surface area contributed by atoms with Crippen LogP contribution in [-0.2, 0) is 13.6 Å². The first kappa shape index (κ1) is 17.2. The topological polar surface area (TPSA) is 64.8 Å². The van der Waals surface area contributed by atoms with Crippen molar-refractivity contribution in [2.75, 3.05) is 58.0 Å². The molecule has 0 bridgehead atoms. The number of likely N-dealkylation sites (N-methyl/N-ethyl adjacent to an activating group) is 1. The first-order chi connectivity index (χ1) is 10.3. The lowest BCUT2D eigenvalue weighted by Crippen LogP contribution is -2.37. The highest BCUT2D eigenvalue weighted by Gasteiger charge is 2.33. The SMILES string of the molecule is C[N+](C)(C)CCO[P+](=O)OC1CCN(c2ccc(N)cc2)C1. The minimum absolute atomic E-state index is 0.0507. The molecule has 1 aliphatic rings. The predicted octanol–water partition coefficient (Wildman–Crippen LogP) is 2.24. The fourth-order valence-electron chi connectivity index (χ4n) is 2.28. The van der Waals surface area contributed by atoms with Crippen LogP contribution in [0.2, 0.25) is 0 Å². The molecule has 2 atom stereocenters. The molecule has 1 aliphatic heterocycles. The summed E-state index contributed by atoms with van der Waals surface area (Å²) >= 11 is 0. The van der Waals surface area contributed by atoms with Gasteiger partial charge in [0.25, 0.3) is 0 Å². The lowest BCUT2D eigenvalue weighted by atomic mass is 10.2. The first-order valence-corrected chi connectivity index (χ1v) is 8.61. The molecule has 0 aliphatic carbocycles. The van der Waals surface area contributed by atoms with Crippen LogP contribution in [0.15, 0.2) is 24.3 Å². The Hall–Kier alpha value is -1.20. The number of anilines is 2.